The van der Waals surface area contributed by atoms with Gasteiger partial charge in [-0.1, -0.05) is 32.9 Å². The molecule has 1 spiro atoms. The predicted molar refractivity (Wildman–Crippen MR) is 109 cm³/mol. The highest BCUT2D eigenvalue weighted by Gasteiger charge is 2.43. The topological polar surface area (TPSA) is 58.7 Å². The zero-order chi connectivity index (χ0) is 19.9. The zero-order valence-electron chi connectivity index (χ0n) is 17.2. The van der Waals surface area contributed by atoms with E-state index in [0.29, 0.717) is 11.1 Å². The number of hydrogen-bond acceptors (Lipinski definition) is 4. The average Bonchev–Trinajstić information content (AvgIpc) is 3.15. The van der Waals surface area contributed by atoms with Crippen LogP contribution in [0.25, 0.3) is 11.1 Å². The quantitative estimate of drug-likeness (QED) is 0.815. The maximum atomic E-state index is 13.0. The molecule has 28 heavy (non-hydrogen) atoms. The number of benzene rings is 1. The molecule has 3 heterocycles. The summed E-state index contributed by atoms with van der Waals surface area (Å²) in [4.78, 5) is 29.7. The van der Waals surface area contributed by atoms with Gasteiger partial charge in [0.2, 0.25) is 5.91 Å². The predicted octanol–water partition coefficient (Wildman–Crippen LogP) is 2.96. The first kappa shape index (κ1) is 19.2. The van der Waals surface area contributed by atoms with Crippen LogP contribution in [0.3, 0.4) is 0 Å². The number of piperidine rings is 1. The second kappa shape index (κ2) is 7.07. The van der Waals surface area contributed by atoms with Gasteiger partial charge in [-0.05, 0) is 43.4 Å². The van der Waals surface area contributed by atoms with Gasteiger partial charge in [-0.15, -0.1) is 0 Å². The Morgan fingerprint density at radius 1 is 1.14 bits per heavy atom. The molecule has 1 aromatic carbocycles. The Kier molecular flexibility index (Phi) is 4.86. The fourth-order valence-corrected chi connectivity index (χ4v) is 5.00. The van der Waals surface area contributed by atoms with Gasteiger partial charge in [0.25, 0.3) is 0 Å². The van der Waals surface area contributed by atoms with Crippen LogP contribution in [0.15, 0.2) is 33.5 Å². The third kappa shape index (κ3) is 3.88. The molecular weight excluding hydrogens is 354 g/mol. The summed E-state index contributed by atoms with van der Waals surface area (Å²) >= 11 is 0. The van der Waals surface area contributed by atoms with Crippen molar-refractivity contribution < 1.29 is 9.21 Å². The number of oxazole rings is 1. The number of rotatable bonds is 3. The van der Waals surface area contributed by atoms with Crippen LogP contribution in [-0.2, 0) is 11.3 Å². The molecule has 0 aliphatic carbocycles. The first-order valence-corrected chi connectivity index (χ1v) is 10.3. The summed E-state index contributed by atoms with van der Waals surface area (Å²) < 4.78 is 6.72. The minimum atomic E-state index is -0.461. The zero-order valence-corrected chi connectivity index (χ0v) is 17.2. The van der Waals surface area contributed by atoms with E-state index in [4.69, 9.17) is 4.42 Å². The van der Waals surface area contributed by atoms with Crippen LogP contribution in [0, 0.1) is 10.8 Å². The molecule has 0 unspecified atom stereocenters. The van der Waals surface area contributed by atoms with Crippen molar-refractivity contribution in [3.8, 4) is 0 Å². The van der Waals surface area contributed by atoms with Crippen LogP contribution in [0.1, 0.15) is 40.0 Å². The van der Waals surface area contributed by atoms with Gasteiger partial charge in [0.15, 0.2) is 5.58 Å². The molecule has 4 rings (SSSR count). The SMILES string of the molecule is CC(C)(C)CN1CCC[C@@]2(CCN(C(=O)Cn3c(=O)oc4ccccc43)C2)C1. The third-order valence-corrected chi connectivity index (χ3v) is 6.10. The number of likely N-dealkylation sites (tertiary alicyclic amines) is 2. The van der Waals surface area contributed by atoms with Crippen LogP contribution in [-0.4, -0.2) is 53.0 Å². The summed E-state index contributed by atoms with van der Waals surface area (Å²) in [6.45, 7) is 11.8. The Balaban J connectivity index is 1.44. The number of carbonyl (C=O) groups is 1. The monoisotopic (exact) mass is 385 g/mol. The van der Waals surface area contributed by atoms with E-state index in [2.05, 4.69) is 25.7 Å². The van der Waals surface area contributed by atoms with Crippen LogP contribution < -0.4 is 5.76 Å². The maximum absolute atomic E-state index is 13.0. The Hall–Kier alpha value is -2.08. The minimum absolute atomic E-state index is 0.0125. The molecule has 2 aliphatic heterocycles. The Bertz CT molecular complexity index is 923. The summed E-state index contributed by atoms with van der Waals surface area (Å²) in [6.07, 6.45) is 3.44. The molecule has 1 aromatic heterocycles. The number of para-hydroxylation sites is 2. The minimum Gasteiger partial charge on any atom is -0.408 e. The average molecular weight is 386 g/mol. The summed E-state index contributed by atoms with van der Waals surface area (Å²) in [5, 5.41) is 0. The molecule has 2 fully saturated rings. The molecular formula is C22H31N3O3. The van der Waals surface area contributed by atoms with Crippen molar-refractivity contribution in [1.29, 1.82) is 0 Å². The molecule has 0 saturated carbocycles. The van der Waals surface area contributed by atoms with Crippen molar-refractivity contribution in [1.82, 2.24) is 14.4 Å². The summed E-state index contributed by atoms with van der Waals surface area (Å²) in [6, 6.07) is 7.27. The maximum Gasteiger partial charge on any atom is 0.420 e. The lowest BCUT2D eigenvalue weighted by atomic mass is 9.78. The fourth-order valence-electron chi connectivity index (χ4n) is 5.00. The lowest BCUT2D eigenvalue weighted by Crippen LogP contribution is -2.47. The fraction of sp³-hybridized carbons (Fsp3) is 0.636. The van der Waals surface area contributed by atoms with Gasteiger partial charge < -0.3 is 14.2 Å². The van der Waals surface area contributed by atoms with Gasteiger partial charge in [-0.25, -0.2) is 4.79 Å². The first-order chi connectivity index (χ1) is 13.2. The lowest BCUT2D eigenvalue weighted by Gasteiger charge is -2.42. The first-order valence-electron chi connectivity index (χ1n) is 10.3. The normalized spacial score (nSPS) is 23.8. The van der Waals surface area contributed by atoms with Gasteiger partial charge in [-0.2, -0.15) is 0 Å². The van der Waals surface area contributed by atoms with E-state index in [-0.39, 0.29) is 23.3 Å². The van der Waals surface area contributed by atoms with Crippen molar-refractivity contribution >= 4 is 17.0 Å². The molecule has 6 heteroatoms. The molecule has 0 bridgehead atoms. The van der Waals surface area contributed by atoms with Crippen molar-refractivity contribution in [3.63, 3.8) is 0 Å². The van der Waals surface area contributed by atoms with Crippen molar-refractivity contribution in [2.45, 2.75) is 46.6 Å². The van der Waals surface area contributed by atoms with Gasteiger partial charge in [0.1, 0.15) is 6.54 Å². The Labute approximate surface area is 166 Å². The van der Waals surface area contributed by atoms with Crippen LogP contribution >= 0.6 is 0 Å². The van der Waals surface area contributed by atoms with Gasteiger partial charge in [-0.3, -0.25) is 9.36 Å². The van der Waals surface area contributed by atoms with Gasteiger partial charge >= 0.3 is 5.76 Å². The van der Waals surface area contributed by atoms with Gasteiger partial charge in [0.05, 0.1) is 5.52 Å². The number of carbonyl (C=O) groups excluding carboxylic acids is 1. The second-order valence-electron chi connectivity index (χ2n) is 9.86. The van der Waals surface area contributed by atoms with Crippen molar-refractivity contribution in [2.75, 3.05) is 32.7 Å². The summed E-state index contributed by atoms with van der Waals surface area (Å²) in [5.41, 5.74) is 1.71. The molecule has 1 amide bonds. The van der Waals surface area contributed by atoms with Crippen LogP contribution in [0.4, 0.5) is 0 Å². The molecule has 1 atom stereocenters. The van der Waals surface area contributed by atoms with Crippen LogP contribution in [0.2, 0.25) is 0 Å². The lowest BCUT2D eigenvalue weighted by molar-refractivity contribution is -0.131. The summed E-state index contributed by atoms with van der Waals surface area (Å²) in [5.74, 6) is -0.448. The number of aromatic nitrogens is 1. The molecule has 0 N–H and O–H groups in total. The molecule has 2 saturated heterocycles. The highest BCUT2D eigenvalue weighted by molar-refractivity contribution is 5.79. The van der Waals surface area contributed by atoms with E-state index in [9.17, 15) is 9.59 Å². The van der Waals surface area contributed by atoms with E-state index < -0.39 is 5.76 Å². The molecule has 6 nitrogen and oxygen atoms in total. The van der Waals surface area contributed by atoms with Crippen molar-refractivity contribution in [2.24, 2.45) is 10.8 Å². The Morgan fingerprint density at radius 3 is 2.71 bits per heavy atom. The molecule has 2 aromatic rings. The number of fused-ring (bicyclic) bond motifs is 1. The highest BCUT2D eigenvalue weighted by atomic mass is 16.4. The molecule has 152 valence electrons. The molecule has 0 radical (unpaired) electrons. The standard InChI is InChI=1S/C22H31N3O3/c1-21(2,3)14-23-11-6-9-22(15-23)10-12-24(16-22)19(26)13-25-17-7-4-5-8-18(17)28-20(25)27/h4-5,7-8H,6,9-16H2,1-3H3/t22-/m1/s1. The number of hydrogen-bond donors (Lipinski definition) is 0. The third-order valence-electron chi connectivity index (χ3n) is 6.10. The van der Waals surface area contributed by atoms with Crippen LogP contribution in [0.5, 0.6) is 0 Å². The van der Waals surface area contributed by atoms with E-state index >= 15 is 0 Å². The summed E-state index contributed by atoms with van der Waals surface area (Å²) in [7, 11) is 0. The number of nitrogens with zero attached hydrogens (tertiary/aromatic N) is 3. The smallest absolute Gasteiger partial charge is 0.408 e. The second-order valence-corrected chi connectivity index (χ2v) is 9.86. The number of amides is 1. The van der Waals surface area contributed by atoms with E-state index in [1.807, 2.05) is 23.1 Å². The highest BCUT2D eigenvalue weighted by Crippen LogP contribution is 2.39. The van der Waals surface area contributed by atoms with Gasteiger partial charge in [0, 0.05) is 31.6 Å². The molecule has 2 aliphatic rings. The Morgan fingerprint density at radius 2 is 1.93 bits per heavy atom. The van der Waals surface area contributed by atoms with E-state index in [1.165, 1.54) is 17.4 Å². The van der Waals surface area contributed by atoms with E-state index in [1.54, 1.807) is 6.07 Å². The largest absolute Gasteiger partial charge is 0.420 e. The van der Waals surface area contributed by atoms with E-state index in [0.717, 1.165) is 39.1 Å². The van der Waals surface area contributed by atoms with Crippen molar-refractivity contribution in [3.05, 3.63) is 34.8 Å².